The van der Waals surface area contributed by atoms with E-state index < -0.39 is 0 Å². The highest BCUT2D eigenvalue weighted by Gasteiger charge is 1.75. The van der Waals surface area contributed by atoms with Crippen molar-refractivity contribution in [3.8, 4) is 0 Å². The average molecular weight is 94.1 g/mol. The summed E-state index contributed by atoms with van der Waals surface area (Å²) < 4.78 is 14.9. The average Bonchev–Trinajstić information content (AvgIpc) is 1.61. The third-order valence-electron chi connectivity index (χ3n) is 0.332. The first-order chi connectivity index (χ1) is 2.91. The van der Waals surface area contributed by atoms with Crippen molar-refractivity contribution in [2.75, 3.05) is 13.4 Å². The maximum Gasteiger partial charge on any atom is 0.186 e. The highest BCUT2D eigenvalue weighted by atomic mass is 19.3. The zero-order valence-electron chi connectivity index (χ0n) is 3.61. The van der Waals surface area contributed by atoms with Crippen molar-refractivity contribution in [1.29, 1.82) is 0 Å². The fraction of sp³-hybridized carbons (Fsp3) is 1.00. The van der Waals surface area contributed by atoms with Crippen molar-refractivity contribution in [2.45, 2.75) is 6.92 Å². The van der Waals surface area contributed by atoms with Gasteiger partial charge in [0, 0.05) is 6.61 Å². The lowest BCUT2D eigenvalue weighted by Crippen LogP contribution is -1.90. The molecular formula is C3H7FO2. The molecule has 0 N–H and O–H groups in total. The van der Waals surface area contributed by atoms with Crippen molar-refractivity contribution >= 4 is 0 Å². The second-order valence-electron chi connectivity index (χ2n) is 0.720. The molecule has 38 valence electrons. The van der Waals surface area contributed by atoms with Crippen LogP contribution in [0.5, 0.6) is 0 Å². The normalized spacial score (nSPS) is 9.00. The Kier molecular flexibility index (Phi) is 4.73. The fourth-order valence-electron chi connectivity index (χ4n) is 0.115. The summed E-state index contributed by atoms with van der Waals surface area (Å²) in [5, 5.41) is 0. The Morgan fingerprint density at radius 3 is 2.50 bits per heavy atom. The summed E-state index contributed by atoms with van der Waals surface area (Å²) in [5.74, 6) is 0. The van der Waals surface area contributed by atoms with Crippen LogP contribution in [0.2, 0.25) is 0 Å². The third-order valence-corrected chi connectivity index (χ3v) is 0.332. The predicted molar refractivity (Wildman–Crippen MR) is 18.7 cm³/mol. The van der Waals surface area contributed by atoms with Crippen LogP contribution in [0.4, 0.5) is 4.53 Å². The Morgan fingerprint density at radius 1 is 1.67 bits per heavy atom. The van der Waals surface area contributed by atoms with E-state index in [4.69, 9.17) is 0 Å². The third kappa shape index (κ3) is 3.85. The van der Waals surface area contributed by atoms with Gasteiger partial charge in [-0.3, -0.25) is 0 Å². The lowest BCUT2D eigenvalue weighted by atomic mass is 10.9. The maximum absolute atomic E-state index is 10.6. The number of ether oxygens (including phenoxy) is 1. The zero-order valence-corrected chi connectivity index (χ0v) is 3.61. The van der Waals surface area contributed by atoms with Gasteiger partial charge in [-0.05, 0) is 11.4 Å². The van der Waals surface area contributed by atoms with Crippen LogP contribution in [0, 0.1) is 0 Å². The highest BCUT2D eigenvalue weighted by Crippen LogP contribution is 1.73. The summed E-state index contributed by atoms with van der Waals surface area (Å²) in [6.07, 6.45) is 0. The number of rotatable bonds is 3. The Morgan fingerprint density at radius 2 is 2.33 bits per heavy atom. The molecule has 0 aliphatic carbocycles. The minimum Gasteiger partial charge on any atom is -0.352 e. The minimum absolute atomic E-state index is 0.253. The van der Waals surface area contributed by atoms with Gasteiger partial charge in [-0.2, -0.15) is 4.94 Å². The number of hydrogen-bond donors (Lipinski definition) is 0. The second-order valence-corrected chi connectivity index (χ2v) is 0.720. The lowest BCUT2D eigenvalue weighted by molar-refractivity contribution is -0.210. The number of halogens is 1. The standard InChI is InChI=1S/C3H7FO2/c1-2-5-3-6-4/h2-3H2,1H3. The Balaban J connectivity index is 2.34. The molecule has 0 amide bonds. The molecule has 0 fully saturated rings. The van der Waals surface area contributed by atoms with Crippen LogP contribution in [-0.4, -0.2) is 13.4 Å². The monoisotopic (exact) mass is 94.0 g/mol. The van der Waals surface area contributed by atoms with Gasteiger partial charge in [-0.15, -0.1) is 0 Å². The largest absolute Gasteiger partial charge is 0.352 e. The van der Waals surface area contributed by atoms with Gasteiger partial charge in [-0.1, -0.05) is 0 Å². The first-order valence-electron chi connectivity index (χ1n) is 1.73. The Bertz CT molecular complexity index is 20.8. The van der Waals surface area contributed by atoms with Crippen LogP contribution in [-0.2, 0) is 9.68 Å². The van der Waals surface area contributed by atoms with Gasteiger partial charge in [-0.25, -0.2) is 0 Å². The smallest absolute Gasteiger partial charge is 0.186 e. The molecule has 0 heterocycles. The van der Waals surface area contributed by atoms with E-state index in [2.05, 4.69) is 9.68 Å². The van der Waals surface area contributed by atoms with E-state index >= 15 is 0 Å². The van der Waals surface area contributed by atoms with Gasteiger partial charge in [0.25, 0.3) is 0 Å². The van der Waals surface area contributed by atoms with E-state index in [1.807, 2.05) is 0 Å². The van der Waals surface area contributed by atoms with Gasteiger partial charge in [0.05, 0.1) is 0 Å². The molecule has 2 nitrogen and oxygen atoms in total. The summed E-state index contributed by atoms with van der Waals surface area (Å²) in [6.45, 7) is 2.00. The summed E-state index contributed by atoms with van der Waals surface area (Å²) in [5.41, 5.74) is 0. The number of hydrogen-bond acceptors (Lipinski definition) is 2. The highest BCUT2D eigenvalue weighted by molar-refractivity contribution is 4.00. The van der Waals surface area contributed by atoms with Gasteiger partial charge < -0.3 is 4.74 Å². The summed E-state index contributed by atoms with van der Waals surface area (Å²) in [4.78, 5) is 3.06. The molecule has 0 aromatic rings. The second kappa shape index (κ2) is 4.85. The Hall–Kier alpha value is -0.150. The van der Waals surface area contributed by atoms with Crippen LogP contribution in [0.25, 0.3) is 0 Å². The molecule has 0 unspecified atom stereocenters. The van der Waals surface area contributed by atoms with E-state index in [0.29, 0.717) is 6.61 Å². The first kappa shape index (κ1) is 5.85. The van der Waals surface area contributed by atoms with Crippen molar-refractivity contribution in [3.63, 3.8) is 0 Å². The van der Waals surface area contributed by atoms with Crippen LogP contribution in [0.1, 0.15) is 6.92 Å². The minimum atomic E-state index is -0.253. The molecule has 0 saturated heterocycles. The van der Waals surface area contributed by atoms with Crippen LogP contribution >= 0.6 is 0 Å². The topological polar surface area (TPSA) is 18.5 Å². The molecular weight excluding hydrogens is 87.0 g/mol. The molecule has 0 rings (SSSR count). The fourth-order valence-corrected chi connectivity index (χ4v) is 0.115. The molecule has 0 aromatic carbocycles. The van der Waals surface area contributed by atoms with E-state index in [0.717, 1.165) is 0 Å². The quantitative estimate of drug-likeness (QED) is 0.382. The molecule has 0 aliphatic rings. The van der Waals surface area contributed by atoms with Crippen molar-refractivity contribution in [2.24, 2.45) is 0 Å². The molecule has 0 atom stereocenters. The molecule has 0 radical (unpaired) electrons. The van der Waals surface area contributed by atoms with E-state index in [1.54, 1.807) is 6.92 Å². The Labute approximate surface area is 35.8 Å². The molecule has 0 aliphatic heterocycles. The molecule has 6 heavy (non-hydrogen) atoms. The van der Waals surface area contributed by atoms with Crippen LogP contribution in [0.3, 0.4) is 0 Å². The lowest BCUT2D eigenvalue weighted by Gasteiger charge is -1.89. The zero-order chi connectivity index (χ0) is 4.83. The van der Waals surface area contributed by atoms with Crippen LogP contribution in [0.15, 0.2) is 0 Å². The molecule has 0 aromatic heterocycles. The summed E-state index contributed by atoms with van der Waals surface area (Å²) >= 11 is 0. The molecule has 0 spiro atoms. The van der Waals surface area contributed by atoms with Gasteiger partial charge in [0.1, 0.15) is 0 Å². The maximum atomic E-state index is 10.6. The van der Waals surface area contributed by atoms with Gasteiger partial charge in [0.2, 0.25) is 0 Å². The van der Waals surface area contributed by atoms with E-state index in [1.165, 1.54) is 0 Å². The SMILES string of the molecule is CCOCOF. The summed E-state index contributed by atoms with van der Waals surface area (Å²) in [6, 6.07) is 0. The molecule has 0 saturated carbocycles. The van der Waals surface area contributed by atoms with Gasteiger partial charge in [0.15, 0.2) is 6.79 Å². The molecule has 3 heteroatoms. The predicted octanol–water partition coefficient (Wildman–Crippen LogP) is 0.882. The van der Waals surface area contributed by atoms with Crippen molar-refractivity contribution in [1.82, 2.24) is 0 Å². The van der Waals surface area contributed by atoms with Gasteiger partial charge >= 0.3 is 0 Å². The van der Waals surface area contributed by atoms with Crippen molar-refractivity contribution in [3.05, 3.63) is 0 Å². The molecule has 0 bridgehead atoms. The van der Waals surface area contributed by atoms with Crippen LogP contribution < -0.4 is 0 Å². The summed E-state index contributed by atoms with van der Waals surface area (Å²) in [7, 11) is 0. The van der Waals surface area contributed by atoms with E-state index in [-0.39, 0.29) is 6.79 Å². The first-order valence-corrected chi connectivity index (χ1v) is 1.73. The van der Waals surface area contributed by atoms with Crippen molar-refractivity contribution < 1.29 is 14.2 Å². The van der Waals surface area contributed by atoms with E-state index in [9.17, 15) is 4.53 Å².